The molecule has 15 heavy (non-hydrogen) atoms. The quantitative estimate of drug-likeness (QED) is 0.617. The number of hydrogen-bond donors (Lipinski definition) is 1. The lowest BCUT2D eigenvalue weighted by Crippen LogP contribution is -1.96. The van der Waals surface area contributed by atoms with Crippen molar-refractivity contribution in [2.24, 2.45) is 0 Å². The maximum absolute atomic E-state index is 4.72. The second kappa shape index (κ2) is 4.06. The summed E-state index contributed by atoms with van der Waals surface area (Å²) in [6, 6.07) is 12.4. The summed E-state index contributed by atoms with van der Waals surface area (Å²) in [4.78, 5) is 4.68. The van der Waals surface area contributed by atoms with Gasteiger partial charge in [-0.15, -0.1) is 11.7 Å². The van der Waals surface area contributed by atoms with E-state index in [1.165, 1.54) is 5.39 Å². The van der Waals surface area contributed by atoms with Gasteiger partial charge in [0.1, 0.15) is 0 Å². The molecular formula is C12H15NS2. The molecule has 1 aromatic carbocycles. The molecule has 0 amide bonds. The smallest absolute Gasteiger partial charge is 0.0880 e. The van der Waals surface area contributed by atoms with Crippen molar-refractivity contribution < 1.29 is 0 Å². The fourth-order valence-electron chi connectivity index (χ4n) is 1.44. The Kier molecular flexibility index (Phi) is 2.94. The standard InChI is InChI=1S/C12H15NS2/c1-3-15(2,14)12-9-8-10-6-4-5-7-11(10)13-12/h4-9,14H,3H2,1-2H3. The average molecular weight is 237 g/mol. The molecule has 0 N–H and O–H groups in total. The highest BCUT2D eigenvalue weighted by atomic mass is 33.1. The summed E-state index contributed by atoms with van der Waals surface area (Å²) >= 11 is 4.72. The molecule has 0 saturated carbocycles. The number of benzene rings is 1. The van der Waals surface area contributed by atoms with E-state index in [9.17, 15) is 0 Å². The van der Waals surface area contributed by atoms with Crippen LogP contribution in [0.3, 0.4) is 0 Å². The molecule has 0 aliphatic carbocycles. The van der Waals surface area contributed by atoms with Gasteiger partial charge in [0.2, 0.25) is 0 Å². The van der Waals surface area contributed by atoms with Crippen molar-refractivity contribution in [3.05, 3.63) is 36.4 Å². The predicted molar refractivity (Wildman–Crippen MR) is 73.1 cm³/mol. The SMILES string of the molecule is CCS(C)(S)c1ccc2ccccc2n1. The van der Waals surface area contributed by atoms with E-state index >= 15 is 0 Å². The summed E-state index contributed by atoms with van der Waals surface area (Å²) < 4.78 is 0. The molecule has 0 bridgehead atoms. The molecule has 80 valence electrons. The minimum Gasteiger partial charge on any atom is -0.242 e. The Balaban J connectivity index is 2.56. The topological polar surface area (TPSA) is 12.9 Å². The van der Waals surface area contributed by atoms with E-state index in [2.05, 4.69) is 42.4 Å². The molecule has 0 spiro atoms. The Hall–Kier alpha value is -0.670. The van der Waals surface area contributed by atoms with Crippen LogP contribution in [0.4, 0.5) is 0 Å². The predicted octanol–water partition coefficient (Wildman–Crippen LogP) is 3.89. The van der Waals surface area contributed by atoms with Crippen LogP contribution in [-0.2, 0) is 0 Å². The second-order valence-electron chi connectivity index (χ2n) is 3.67. The summed E-state index contributed by atoms with van der Waals surface area (Å²) in [6.07, 6.45) is 2.19. The van der Waals surface area contributed by atoms with Gasteiger partial charge in [0.05, 0.1) is 10.5 Å². The van der Waals surface area contributed by atoms with Crippen molar-refractivity contribution in [2.75, 3.05) is 12.0 Å². The largest absolute Gasteiger partial charge is 0.242 e. The molecule has 0 fully saturated rings. The summed E-state index contributed by atoms with van der Waals surface area (Å²) in [7, 11) is -1.01. The van der Waals surface area contributed by atoms with Gasteiger partial charge in [0, 0.05) is 5.39 Å². The van der Waals surface area contributed by atoms with Gasteiger partial charge in [-0.1, -0.05) is 31.2 Å². The van der Waals surface area contributed by atoms with Crippen molar-refractivity contribution in [2.45, 2.75) is 11.9 Å². The Morgan fingerprint density at radius 1 is 1.20 bits per heavy atom. The third-order valence-corrected chi connectivity index (χ3v) is 6.17. The summed E-state index contributed by atoms with van der Waals surface area (Å²) in [5.41, 5.74) is 1.07. The first kappa shape index (κ1) is 10.8. The van der Waals surface area contributed by atoms with E-state index in [1.807, 2.05) is 12.1 Å². The fourth-order valence-corrected chi connectivity index (χ4v) is 2.70. The summed E-state index contributed by atoms with van der Waals surface area (Å²) in [5, 5.41) is 2.33. The summed E-state index contributed by atoms with van der Waals surface area (Å²) in [5.74, 6) is 1.06. The zero-order chi connectivity index (χ0) is 10.9. The van der Waals surface area contributed by atoms with E-state index < -0.39 is 9.06 Å². The highest BCUT2D eigenvalue weighted by molar-refractivity contribution is 8.87. The molecule has 2 aromatic rings. The number of pyridine rings is 1. The Labute approximate surface area is 97.0 Å². The molecule has 1 nitrogen and oxygen atoms in total. The van der Waals surface area contributed by atoms with Crippen molar-refractivity contribution in [1.29, 1.82) is 0 Å². The molecule has 1 heterocycles. The molecule has 0 aliphatic rings. The molecule has 3 heteroatoms. The van der Waals surface area contributed by atoms with Crippen molar-refractivity contribution >= 4 is 31.6 Å². The van der Waals surface area contributed by atoms with E-state index in [0.29, 0.717) is 0 Å². The highest BCUT2D eigenvalue weighted by Gasteiger charge is 2.14. The third kappa shape index (κ3) is 2.13. The minimum absolute atomic E-state index is 1.01. The number of aromatic nitrogens is 1. The van der Waals surface area contributed by atoms with Crippen LogP contribution < -0.4 is 0 Å². The second-order valence-corrected chi connectivity index (χ2v) is 9.16. The number of thiol groups is 1. The Morgan fingerprint density at radius 2 is 1.93 bits per heavy atom. The molecular weight excluding hydrogens is 222 g/mol. The van der Waals surface area contributed by atoms with Gasteiger partial charge >= 0.3 is 0 Å². The molecule has 2 rings (SSSR count). The van der Waals surface area contributed by atoms with Gasteiger partial charge in [0.25, 0.3) is 0 Å². The van der Waals surface area contributed by atoms with Crippen molar-refractivity contribution in [3.8, 4) is 0 Å². The zero-order valence-corrected chi connectivity index (χ0v) is 10.7. The van der Waals surface area contributed by atoms with Crippen LogP contribution in [0, 0.1) is 0 Å². The van der Waals surface area contributed by atoms with Crippen molar-refractivity contribution in [3.63, 3.8) is 0 Å². The van der Waals surface area contributed by atoms with E-state index in [4.69, 9.17) is 11.7 Å². The zero-order valence-electron chi connectivity index (χ0n) is 8.97. The molecule has 1 aromatic heterocycles. The van der Waals surface area contributed by atoms with Crippen LogP contribution in [0.2, 0.25) is 0 Å². The average Bonchev–Trinajstić information content (AvgIpc) is 2.28. The van der Waals surface area contributed by atoms with Crippen LogP contribution in [0.1, 0.15) is 6.92 Å². The van der Waals surface area contributed by atoms with Crippen LogP contribution in [0.25, 0.3) is 10.9 Å². The maximum atomic E-state index is 4.72. The van der Waals surface area contributed by atoms with Gasteiger partial charge in [-0.05, 0) is 24.1 Å². The molecule has 0 radical (unpaired) electrons. The lowest BCUT2D eigenvalue weighted by atomic mass is 10.2. The van der Waals surface area contributed by atoms with Crippen molar-refractivity contribution in [1.82, 2.24) is 4.98 Å². The number of hydrogen-bond acceptors (Lipinski definition) is 2. The van der Waals surface area contributed by atoms with Gasteiger partial charge < -0.3 is 0 Å². The molecule has 1 unspecified atom stereocenters. The van der Waals surface area contributed by atoms with Crippen LogP contribution in [0.15, 0.2) is 41.4 Å². The first-order valence-corrected chi connectivity index (χ1v) is 8.24. The normalized spacial score (nSPS) is 17.3. The number of fused-ring (bicyclic) bond motifs is 1. The first-order chi connectivity index (χ1) is 7.13. The van der Waals surface area contributed by atoms with Gasteiger partial charge in [0.15, 0.2) is 0 Å². The van der Waals surface area contributed by atoms with Crippen LogP contribution >= 0.6 is 20.7 Å². The lowest BCUT2D eigenvalue weighted by Gasteiger charge is -2.27. The maximum Gasteiger partial charge on any atom is 0.0880 e. The van der Waals surface area contributed by atoms with Gasteiger partial charge in [-0.25, -0.2) is 4.98 Å². The van der Waals surface area contributed by atoms with Crippen LogP contribution in [-0.4, -0.2) is 17.0 Å². The molecule has 0 aliphatic heterocycles. The van der Waals surface area contributed by atoms with E-state index in [-0.39, 0.29) is 0 Å². The number of para-hydroxylation sites is 1. The Bertz CT molecular complexity index is 480. The Morgan fingerprint density at radius 3 is 2.67 bits per heavy atom. The lowest BCUT2D eigenvalue weighted by molar-refractivity contribution is 1.18. The van der Waals surface area contributed by atoms with E-state index in [1.54, 1.807) is 0 Å². The third-order valence-electron chi connectivity index (χ3n) is 2.59. The monoisotopic (exact) mass is 237 g/mol. The molecule has 0 saturated heterocycles. The van der Waals surface area contributed by atoms with Gasteiger partial charge in [-0.2, -0.15) is 9.06 Å². The van der Waals surface area contributed by atoms with Gasteiger partial charge in [-0.3, -0.25) is 0 Å². The number of nitrogens with zero attached hydrogens (tertiary/aromatic N) is 1. The minimum atomic E-state index is -1.01. The number of rotatable bonds is 2. The summed E-state index contributed by atoms with van der Waals surface area (Å²) in [6.45, 7) is 2.17. The van der Waals surface area contributed by atoms with E-state index in [0.717, 1.165) is 16.3 Å². The first-order valence-electron chi connectivity index (χ1n) is 4.98. The van der Waals surface area contributed by atoms with Crippen LogP contribution in [0.5, 0.6) is 0 Å². The fraction of sp³-hybridized carbons (Fsp3) is 0.250. The highest BCUT2D eigenvalue weighted by Crippen LogP contribution is 2.55. The molecule has 1 atom stereocenters.